The van der Waals surface area contributed by atoms with Gasteiger partial charge < -0.3 is 13.4 Å². The first kappa shape index (κ1) is 31.9. The van der Waals surface area contributed by atoms with Crippen molar-refractivity contribution < 1.29 is 8.83 Å². The summed E-state index contributed by atoms with van der Waals surface area (Å²) in [6.45, 7) is 6.44. The van der Waals surface area contributed by atoms with Gasteiger partial charge in [-0.05, 0) is 109 Å². The van der Waals surface area contributed by atoms with Crippen molar-refractivity contribution in [2.24, 2.45) is 0 Å². The molecule has 0 radical (unpaired) electrons. The van der Waals surface area contributed by atoms with E-state index in [0.29, 0.717) is 0 Å². The van der Waals surface area contributed by atoms with Gasteiger partial charge in [0.1, 0.15) is 16.7 Å². The van der Waals surface area contributed by atoms with Crippen LogP contribution in [-0.2, 0) is 0 Å². The zero-order valence-electron chi connectivity index (χ0n) is 30.4. The molecule has 3 nitrogen and oxygen atoms in total. The lowest BCUT2D eigenvalue weighted by Crippen LogP contribution is -1.93. The van der Waals surface area contributed by atoms with E-state index in [0.717, 1.165) is 60.6 Å². The van der Waals surface area contributed by atoms with E-state index in [1.165, 1.54) is 49.7 Å². The summed E-state index contributed by atoms with van der Waals surface area (Å²) in [6.07, 6.45) is 0. The minimum absolute atomic E-state index is 0.907. The predicted molar refractivity (Wildman–Crippen MR) is 227 cm³/mol. The van der Waals surface area contributed by atoms with Gasteiger partial charge in [0.05, 0.1) is 11.0 Å². The van der Waals surface area contributed by atoms with E-state index < -0.39 is 0 Å². The number of hydrogen-bond acceptors (Lipinski definition) is 2. The highest BCUT2D eigenvalue weighted by molar-refractivity contribution is 6.22. The van der Waals surface area contributed by atoms with Crippen LogP contribution >= 0.6 is 0 Å². The van der Waals surface area contributed by atoms with Gasteiger partial charge in [0.15, 0.2) is 5.58 Å². The molecule has 8 aromatic carbocycles. The third kappa shape index (κ3) is 5.12. The fourth-order valence-electron chi connectivity index (χ4n) is 8.23. The molecule has 0 saturated heterocycles. The van der Waals surface area contributed by atoms with Gasteiger partial charge in [-0.15, -0.1) is 0 Å². The van der Waals surface area contributed by atoms with Gasteiger partial charge in [-0.1, -0.05) is 121 Å². The van der Waals surface area contributed by atoms with Crippen molar-refractivity contribution in [2.75, 3.05) is 0 Å². The number of rotatable bonds is 3. The van der Waals surface area contributed by atoms with Gasteiger partial charge in [0, 0.05) is 38.0 Å². The topological polar surface area (TPSA) is 31.2 Å². The fraction of sp³-hybridized carbons (Fsp3) is 0.0588. The summed E-state index contributed by atoms with van der Waals surface area (Å²) in [5.74, 6) is 0. The van der Waals surface area contributed by atoms with Crippen molar-refractivity contribution in [2.45, 2.75) is 20.8 Å². The van der Waals surface area contributed by atoms with Crippen LogP contribution in [0.3, 0.4) is 0 Å². The Kier molecular flexibility index (Phi) is 7.48. The van der Waals surface area contributed by atoms with E-state index in [1.54, 1.807) is 0 Å². The van der Waals surface area contributed by atoms with Crippen LogP contribution < -0.4 is 0 Å². The molecule has 258 valence electrons. The molecule has 54 heavy (non-hydrogen) atoms. The van der Waals surface area contributed by atoms with Crippen LogP contribution in [0.25, 0.3) is 93.6 Å². The van der Waals surface area contributed by atoms with Gasteiger partial charge in [-0.2, -0.15) is 0 Å². The van der Waals surface area contributed by atoms with E-state index in [1.807, 2.05) is 12.1 Å². The summed E-state index contributed by atoms with van der Waals surface area (Å²) >= 11 is 0. The van der Waals surface area contributed by atoms with E-state index in [4.69, 9.17) is 8.83 Å². The highest BCUT2D eigenvalue weighted by atomic mass is 16.3. The van der Waals surface area contributed by atoms with E-state index in [9.17, 15) is 0 Å². The summed E-state index contributed by atoms with van der Waals surface area (Å²) in [5.41, 5.74) is 15.9. The molecule has 3 heterocycles. The molecule has 0 fully saturated rings. The molecule has 0 bridgehead atoms. The first-order chi connectivity index (χ1) is 26.5. The zero-order valence-corrected chi connectivity index (χ0v) is 30.4. The highest BCUT2D eigenvalue weighted by Crippen LogP contribution is 2.43. The Morgan fingerprint density at radius 1 is 0.407 bits per heavy atom. The molecule has 0 amide bonds. The molecule has 3 heteroatoms. The Balaban J connectivity index is 0.000000218. The molecule has 11 aromatic rings. The van der Waals surface area contributed by atoms with Gasteiger partial charge in [-0.25, -0.2) is 0 Å². The number of benzene rings is 8. The maximum absolute atomic E-state index is 6.55. The largest absolute Gasteiger partial charge is 0.456 e. The summed E-state index contributed by atoms with van der Waals surface area (Å²) in [4.78, 5) is 0. The molecule has 0 aliphatic carbocycles. The fourth-order valence-corrected chi connectivity index (χ4v) is 8.23. The Bertz CT molecular complexity index is 3150. The van der Waals surface area contributed by atoms with Crippen molar-refractivity contribution in [3.8, 4) is 27.9 Å². The minimum Gasteiger partial charge on any atom is -0.456 e. The van der Waals surface area contributed by atoms with Crippen molar-refractivity contribution in [1.29, 1.82) is 0 Å². The molecule has 0 aliphatic heterocycles. The van der Waals surface area contributed by atoms with Crippen molar-refractivity contribution in [3.63, 3.8) is 0 Å². The zero-order chi connectivity index (χ0) is 36.3. The molecule has 0 atom stereocenters. The lowest BCUT2D eigenvalue weighted by Gasteiger charge is -2.09. The Labute approximate surface area is 313 Å². The second-order valence-electron chi connectivity index (χ2n) is 14.2. The lowest BCUT2D eigenvalue weighted by atomic mass is 9.97. The van der Waals surface area contributed by atoms with Crippen molar-refractivity contribution in [3.05, 3.63) is 187 Å². The maximum atomic E-state index is 6.55. The summed E-state index contributed by atoms with van der Waals surface area (Å²) < 4.78 is 15.1. The van der Waals surface area contributed by atoms with Crippen LogP contribution in [0.15, 0.2) is 179 Å². The SMILES string of the molecule is Cc1ccc2oc3cccc(-c4ccc5c(c4)c4ccc6c7ccccc7oc6c4n5-c4ccccc4)c3c2c1.Cc1ccccc1-c1ccccc1C. The molecule has 11 rings (SSSR count). The second kappa shape index (κ2) is 12.7. The molecule has 0 saturated carbocycles. The average Bonchev–Trinajstić information content (AvgIpc) is 3.88. The smallest absolute Gasteiger partial charge is 0.160 e. The first-order valence-electron chi connectivity index (χ1n) is 18.5. The Hall–Kier alpha value is -6.84. The number of hydrogen-bond donors (Lipinski definition) is 0. The maximum Gasteiger partial charge on any atom is 0.160 e. The molecule has 0 spiro atoms. The van der Waals surface area contributed by atoms with Crippen molar-refractivity contribution >= 4 is 65.7 Å². The normalized spacial score (nSPS) is 11.6. The average molecular weight is 696 g/mol. The van der Waals surface area contributed by atoms with E-state index >= 15 is 0 Å². The summed E-state index contributed by atoms with van der Waals surface area (Å²) in [7, 11) is 0. The van der Waals surface area contributed by atoms with Crippen LogP contribution in [-0.4, -0.2) is 4.57 Å². The van der Waals surface area contributed by atoms with Gasteiger partial charge in [-0.3, -0.25) is 0 Å². The van der Waals surface area contributed by atoms with E-state index in [2.05, 4.69) is 183 Å². The molecule has 0 aliphatic rings. The van der Waals surface area contributed by atoms with Gasteiger partial charge in [0.2, 0.25) is 0 Å². The second-order valence-corrected chi connectivity index (χ2v) is 14.2. The highest BCUT2D eigenvalue weighted by Gasteiger charge is 2.20. The molecule has 0 unspecified atom stereocenters. The molecule has 3 aromatic heterocycles. The predicted octanol–water partition coefficient (Wildman–Crippen LogP) is 14.5. The van der Waals surface area contributed by atoms with Crippen molar-refractivity contribution in [1.82, 2.24) is 4.57 Å². The van der Waals surface area contributed by atoms with Crippen LogP contribution in [0, 0.1) is 20.8 Å². The molecular formula is C51H37NO2. The third-order valence-electron chi connectivity index (χ3n) is 10.8. The lowest BCUT2D eigenvalue weighted by molar-refractivity contribution is 0.669. The standard InChI is InChI=1S/C37H23NO2.C14H14/c1-22-14-19-33-30(20-22)35-25(11-7-13-34(35)39-33)23-15-18-31-29(21-23)27-16-17-28-26-10-5-6-12-32(26)40-37(28)36(27)38(31)24-8-3-2-4-9-24;1-11-7-3-5-9-13(11)14-10-6-4-8-12(14)2/h2-21H,1H3;3-10H,1-2H3. The molecule has 0 N–H and O–H groups in total. The number of fused-ring (bicyclic) bond motifs is 10. The Morgan fingerprint density at radius 2 is 1.06 bits per heavy atom. The van der Waals surface area contributed by atoms with Crippen LogP contribution in [0.2, 0.25) is 0 Å². The van der Waals surface area contributed by atoms with Crippen LogP contribution in [0.4, 0.5) is 0 Å². The third-order valence-corrected chi connectivity index (χ3v) is 10.8. The number of para-hydroxylation sites is 2. The quantitative estimate of drug-likeness (QED) is 0.184. The monoisotopic (exact) mass is 695 g/mol. The Morgan fingerprint density at radius 3 is 1.83 bits per heavy atom. The summed E-state index contributed by atoms with van der Waals surface area (Å²) in [5, 5.41) is 6.95. The van der Waals surface area contributed by atoms with Crippen LogP contribution in [0.1, 0.15) is 16.7 Å². The number of aromatic nitrogens is 1. The van der Waals surface area contributed by atoms with Gasteiger partial charge in [0.25, 0.3) is 0 Å². The minimum atomic E-state index is 0.907. The molecular weight excluding hydrogens is 659 g/mol. The number of aryl methyl sites for hydroxylation is 3. The van der Waals surface area contributed by atoms with Crippen LogP contribution in [0.5, 0.6) is 0 Å². The van der Waals surface area contributed by atoms with E-state index in [-0.39, 0.29) is 0 Å². The summed E-state index contributed by atoms with van der Waals surface area (Å²) in [6, 6.07) is 59.9. The number of nitrogens with zero attached hydrogens (tertiary/aromatic N) is 1. The van der Waals surface area contributed by atoms with Gasteiger partial charge >= 0.3 is 0 Å². The first-order valence-corrected chi connectivity index (χ1v) is 18.5. The number of furan rings is 2.